The first-order valence-corrected chi connectivity index (χ1v) is 5.06. The number of rotatable bonds is 2. The summed E-state index contributed by atoms with van der Waals surface area (Å²) in [7, 11) is 0. The highest BCUT2D eigenvalue weighted by Gasteiger charge is 2.40. The standard InChI is InChI=1S/C11H18N2O/c1-8(2)9(5-12)10(14)13-6-11(3,4)7-13/h8-9H,6-7H2,1-4H3. The quantitative estimate of drug-likeness (QED) is 0.671. The first kappa shape index (κ1) is 11.0. The third-order valence-electron chi connectivity index (χ3n) is 2.62. The minimum absolute atomic E-state index is 0.00169. The van der Waals surface area contributed by atoms with Crippen LogP contribution in [0.4, 0.5) is 0 Å². The highest BCUT2D eigenvalue weighted by Crippen LogP contribution is 2.30. The number of carbonyl (C=O) groups excluding carboxylic acids is 1. The number of nitrogens with zero attached hydrogens (tertiary/aromatic N) is 2. The lowest BCUT2D eigenvalue weighted by atomic mass is 9.82. The van der Waals surface area contributed by atoms with E-state index in [9.17, 15) is 4.79 Å². The van der Waals surface area contributed by atoms with Crippen molar-refractivity contribution in [3.8, 4) is 6.07 Å². The first-order chi connectivity index (χ1) is 6.37. The molecule has 1 rings (SSSR count). The van der Waals surface area contributed by atoms with Gasteiger partial charge in [0, 0.05) is 13.1 Å². The summed E-state index contributed by atoms with van der Waals surface area (Å²) in [5.41, 5.74) is 0.243. The molecule has 0 spiro atoms. The molecule has 1 saturated heterocycles. The lowest BCUT2D eigenvalue weighted by molar-refractivity contribution is -0.145. The van der Waals surface area contributed by atoms with Crippen molar-refractivity contribution in [2.75, 3.05) is 13.1 Å². The molecule has 0 N–H and O–H groups in total. The van der Waals surface area contributed by atoms with Gasteiger partial charge in [0.1, 0.15) is 5.92 Å². The molecule has 0 saturated carbocycles. The predicted molar refractivity (Wildman–Crippen MR) is 54.3 cm³/mol. The average Bonchev–Trinajstić information content (AvgIpc) is 2.00. The number of amides is 1. The lowest BCUT2D eigenvalue weighted by Gasteiger charge is -2.46. The van der Waals surface area contributed by atoms with E-state index in [2.05, 4.69) is 19.9 Å². The summed E-state index contributed by atoms with van der Waals surface area (Å²) in [5.74, 6) is -0.357. The van der Waals surface area contributed by atoms with Gasteiger partial charge in [-0.25, -0.2) is 0 Å². The third-order valence-corrected chi connectivity index (χ3v) is 2.62. The Labute approximate surface area is 85.7 Å². The Bertz CT molecular complexity index is 268. The van der Waals surface area contributed by atoms with Gasteiger partial charge in [0.2, 0.25) is 5.91 Å². The highest BCUT2D eigenvalue weighted by atomic mass is 16.2. The SMILES string of the molecule is CC(C)C(C#N)C(=O)N1CC(C)(C)C1. The van der Waals surface area contributed by atoms with E-state index in [1.54, 1.807) is 4.90 Å². The molecule has 3 heteroatoms. The Kier molecular flexibility index (Phi) is 2.84. The zero-order chi connectivity index (χ0) is 10.9. The molecule has 0 bridgehead atoms. The second-order valence-corrected chi connectivity index (χ2v) is 5.21. The largest absolute Gasteiger partial charge is 0.340 e. The Hall–Kier alpha value is -1.04. The van der Waals surface area contributed by atoms with E-state index >= 15 is 0 Å². The Morgan fingerprint density at radius 2 is 1.93 bits per heavy atom. The number of hydrogen-bond donors (Lipinski definition) is 0. The topological polar surface area (TPSA) is 44.1 Å². The molecule has 1 atom stereocenters. The second-order valence-electron chi connectivity index (χ2n) is 5.21. The van der Waals surface area contributed by atoms with Gasteiger partial charge in [-0.15, -0.1) is 0 Å². The van der Waals surface area contributed by atoms with Gasteiger partial charge in [0.25, 0.3) is 0 Å². The normalized spacial score (nSPS) is 21.3. The maximum atomic E-state index is 11.8. The summed E-state index contributed by atoms with van der Waals surface area (Å²) in [6.07, 6.45) is 0. The molecule has 0 radical (unpaired) electrons. The number of nitriles is 1. The monoisotopic (exact) mass is 194 g/mol. The van der Waals surface area contributed by atoms with Crippen molar-refractivity contribution < 1.29 is 4.79 Å². The van der Waals surface area contributed by atoms with Crippen molar-refractivity contribution in [3.63, 3.8) is 0 Å². The summed E-state index contributed by atoms with van der Waals surface area (Å²) in [4.78, 5) is 13.6. The van der Waals surface area contributed by atoms with Gasteiger partial charge in [-0.2, -0.15) is 5.26 Å². The molecule has 0 aromatic carbocycles. The third kappa shape index (κ3) is 2.06. The highest BCUT2D eigenvalue weighted by molar-refractivity contribution is 5.82. The van der Waals surface area contributed by atoms with E-state index in [0.717, 1.165) is 13.1 Å². The smallest absolute Gasteiger partial charge is 0.240 e. The predicted octanol–water partition coefficient (Wildman–Crippen LogP) is 1.65. The van der Waals surface area contributed by atoms with Crippen molar-refractivity contribution in [1.82, 2.24) is 4.90 Å². The molecule has 0 aromatic rings. The van der Waals surface area contributed by atoms with Gasteiger partial charge in [-0.1, -0.05) is 27.7 Å². The number of hydrogen-bond acceptors (Lipinski definition) is 2. The zero-order valence-electron chi connectivity index (χ0n) is 9.37. The van der Waals surface area contributed by atoms with Crippen LogP contribution < -0.4 is 0 Å². The van der Waals surface area contributed by atoms with E-state index in [4.69, 9.17) is 5.26 Å². The van der Waals surface area contributed by atoms with E-state index < -0.39 is 5.92 Å². The van der Waals surface area contributed by atoms with Crippen LogP contribution in [-0.2, 0) is 4.79 Å². The van der Waals surface area contributed by atoms with Gasteiger partial charge in [0.15, 0.2) is 0 Å². The van der Waals surface area contributed by atoms with Gasteiger partial charge in [-0.05, 0) is 11.3 Å². The van der Waals surface area contributed by atoms with Crippen molar-refractivity contribution in [2.24, 2.45) is 17.3 Å². The fourth-order valence-electron chi connectivity index (χ4n) is 1.83. The molecular weight excluding hydrogens is 176 g/mol. The lowest BCUT2D eigenvalue weighted by Crippen LogP contribution is -2.57. The van der Waals surface area contributed by atoms with Crippen LogP contribution in [0.3, 0.4) is 0 Å². The Balaban J connectivity index is 2.55. The van der Waals surface area contributed by atoms with Crippen LogP contribution in [0.15, 0.2) is 0 Å². The summed E-state index contributed by atoms with van der Waals surface area (Å²) in [5, 5.41) is 8.87. The van der Waals surface area contributed by atoms with Gasteiger partial charge in [0.05, 0.1) is 6.07 Å². The zero-order valence-corrected chi connectivity index (χ0v) is 9.37. The molecule has 78 valence electrons. The average molecular weight is 194 g/mol. The fourth-order valence-corrected chi connectivity index (χ4v) is 1.83. The van der Waals surface area contributed by atoms with Crippen molar-refractivity contribution in [1.29, 1.82) is 5.26 Å². The summed E-state index contributed by atoms with van der Waals surface area (Å²) >= 11 is 0. The van der Waals surface area contributed by atoms with Crippen molar-refractivity contribution in [3.05, 3.63) is 0 Å². The molecule has 14 heavy (non-hydrogen) atoms. The summed E-state index contributed by atoms with van der Waals surface area (Å²) in [6, 6.07) is 2.09. The van der Waals surface area contributed by atoms with Crippen molar-refractivity contribution in [2.45, 2.75) is 27.7 Å². The van der Waals surface area contributed by atoms with Gasteiger partial charge >= 0.3 is 0 Å². The maximum Gasteiger partial charge on any atom is 0.240 e. The van der Waals surface area contributed by atoms with Crippen LogP contribution >= 0.6 is 0 Å². The molecule has 1 aliphatic heterocycles. The van der Waals surface area contributed by atoms with Crippen LogP contribution in [0.5, 0.6) is 0 Å². The Morgan fingerprint density at radius 3 is 2.21 bits per heavy atom. The first-order valence-electron chi connectivity index (χ1n) is 5.06. The molecule has 1 aliphatic rings. The van der Waals surface area contributed by atoms with E-state index in [1.807, 2.05) is 13.8 Å². The molecule has 1 heterocycles. The van der Waals surface area contributed by atoms with Crippen LogP contribution in [-0.4, -0.2) is 23.9 Å². The molecule has 1 amide bonds. The van der Waals surface area contributed by atoms with Crippen LogP contribution in [0.1, 0.15) is 27.7 Å². The van der Waals surface area contributed by atoms with Gasteiger partial charge in [-0.3, -0.25) is 4.79 Å². The number of carbonyl (C=O) groups is 1. The van der Waals surface area contributed by atoms with E-state index in [1.165, 1.54) is 0 Å². The molecule has 0 aromatic heterocycles. The second kappa shape index (κ2) is 3.61. The van der Waals surface area contributed by atoms with E-state index in [-0.39, 0.29) is 17.2 Å². The molecule has 1 fully saturated rings. The molecular formula is C11H18N2O. The molecule has 1 unspecified atom stereocenters. The van der Waals surface area contributed by atoms with Crippen LogP contribution in [0, 0.1) is 28.6 Å². The van der Waals surface area contributed by atoms with Gasteiger partial charge < -0.3 is 4.90 Å². The number of likely N-dealkylation sites (tertiary alicyclic amines) is 1. The fraction of sp³-hybridized carbons (Fsp3) is 0.818. The molecule has 3 nitrogen and oxygen atoms in total. The van der Waals surface area contributed by atoms with Crippen LogP contribution in [0.25, 0.3) is 0 Å². The summed E-state index contributed by atoms with van der Waals surface area (Å²) < 4.78 is 0. The Morgan fingerprint density at radius 1 is 1.43 bits per heavy atom. The van der Waals surface area contributed by atoms with Crippen LogP contribution in [0.2, 0.25) is 0 Å². The van der Waals surface area contributed by atoms with E-state index in [0.29, 0.717) is 0 Å². The minimum atomic E-state index is -0.467. The maximum absolute atomic E-state index is 11.8. The molecule has 0 aliphatic carbocycles. The van der Waals surface area contributed by atoms with Crippen molar-refractivity contribution >= 4 is 5.91 Å². The summed E-state index contributed by atoms with van der Waals surface area (Å²) in [6.45, 7) is 9.67. The minimum Gasteiger partial charge on any atom is -0.340 e.